The minimum Gasteiger partial charge on any atom is -0.388 e. The highest BCUT2D eigenvalue weighted by molar-refractivity contribution is 4.88. The lowest BCUT2D eigenvalue weighted by Gasteiger charge is -2.37. The van der Waals surface area contributed by atoms with Crippen LogP contribution in [0.5, 0.6) is 0 Å². The van der Waals surface area contributed by atoms with Gasteiger partial charge in [-0.05, 0) is 6.42 Å². The Labute approximate surface area is 70.2 Å². The highest BCUT2D eigenvalue weighted by atomic mass is 16.6. The van der Waals surface area contributed by atoms with Crippen LogP contribution in [0.3, 0.4) is 0 Å². The number of hydrogen-bond donors (Lipinski definition) is 4. The monoisotopic (exact) mass is 177 g/mol. The maximum absolute atomic E-state index is 9.24. The van der Waals surface area contributed by atoms with Crippen molar-refractivity contribution in [2.75, 3.05) is 0 Å². The molecule has 0 aromatic carbocycles. The van der Waals surface area contributed by atoms with Crippen LogP contribution in [0.25, 0.3) is 0 Å². The van der Waals surface area contributed by atoms with E-state index in [9.17, 15) is 5.11 Å². The van der Waals surface area contributed by atoms with Crippen molar-refractivity contribution in [3.8, 4) is 0 Å². The van der Waals surface area contributed by atoms with Gasteiger partial charge in [-0.1, -0.05) is 6.92 Å². The molecule has 5 atom stereocenters. The summed E-state index contributed by atoms with van der Waals surface area (Å²) in [6.45, 7) is 3.46. The maximum atomic E-state index is 9.24. The highest BCUT2D eigenvalue weighted by Crippen LogP contribution is 2.21. The lowest BCUT2D eigenvalue weighted by atomic mass is 9.97. The summed E-state index contributed by atoms with van der Waals surface area (Å²) in [4.78, 5) is 0. The Morgan fingerprint density at radius 1 is 1.00 bits per heavy atom. The van der Waals surface area contributed by atoms with Crippen molar-refractivity contribution in [1.82, 2.24) is 0 Å². The number of rotatable bonds is 1. The lowest BCUT2D eigenvalue weighted by Crippen LogP contribution is -2.57. The van der Waals surface area contributed by atoms with Crippen LogP contribution < -0.4 is 0 Å². The Bertz CT molecular complexity index is 146. The molecule has 0 aromatic heterocycles. The molecule has 0 aromatic rings. The molecule has 1 saturated heterocycles. The summed E-state index contributed by atoms with van der Waals surface area (Å²) in [5.74, 6) is 0. The molecule has 0 amide bonds. The topological polar surface area (TPSA) is 90.2 Å². The number of ether oxygens (including phenoxy) is 1. The number of aliphatic hydroxyl groups is 4. The van der Waals surface area contributed by atoms with Crippen molar-refractivity contribution < 1.29 is 25.2 Å². The van der Waals surface area contributed by atoms with Crippen LogP contribution in [0.4, 0.5) is 0 Å². The first kappa shape index (κ1) is 9.88. The molecule has 1 heterocycles. The normalized spacial score (nSPS) is 49.2. The zero-order chi connectivity index (χ0) is 9.30. The summed E-state index contributed by atoms with van der Waals surface area (Å²) in [6.07, 6.45) is -5.97. The Kier molecular flexibility index (Phi) is 3.03. The van der Waals surface area contributed by atoms with Gasteiger partial charge in [0.25, 0.3) is 0 Å². The average molecular weight is 177 g/mol. The molecular formula is C7H13O5. The molecule has 1 rings (SSSR count). The smallest absolute Gasteiger partial charge is 0.183 e. The molecule has 5 heteroatoms. The zero-order valence-electron chi connectivity index (χ0n) is 6.50. The molecule has 5 unspecified atom stereocenters. The van der Waals surface area contributed by atoms with Crippen LogP contribution in [0.2, 0.25) is 0 Å². The molecule has 1 aliphatic heterocycles. The lowest BCUT2D eigenvalue weighted by molar-refractivity contribution is -0.280. The first-order valence-electron chi connectivity index (χ1n) is 3.75. The third-order valence-corrected chi connectivity index (χ3v) is 1.97. The van der Waals surface area contributed by atoms with E-state index in [2.05, 4.69) is 6.92 Å². The van der Waals surface area contributed by atoms with Crippen molar-refractivity contribution >= 4 is 0 Å². The van der Waals surface area contributed by atoms with Gasteiger partial charge in [-0.2, -0.15) is 0 Å². The predicted octanol–water partition coefficient (Wildman–Crippen LogP) is -1.99. The zero-order valence-corrected chi connectivity index (χ0v) is 6.50. The molecule has 5 nitrogen and oxygen atoms in total. The first-order valence-corrected chi connectivity index (χ1v) is 3.75. The quantitative estimate of drug-likeness (QED) is 0.372. The van der Waals surface area contributed by atoms with Gasteiger partial charge in [0.15, 0.2) is 6.29 Å². The summed E-state index contributed by atoms with van der Waals surface area (Å²) < 4.78 is 4.76. The van der Waals surface area contributed by atoms with Crippen LogP contribution >= 0.6 is 0 Å². The van der Waals surface area contributed by atoms with Gasteiger partial charge in [-0.25, -0.2) is 0 Å². The largest absolute Gasteiger partial charge is 0.388 e. The summed E-state index contributed by atoms with van der Waals surface area (Å²) in [7, 11) is 0. The van der Waals surface area contributed by atoms with E-state index < -0.39 is 30.7 Å². The third kappa shape index (κ3) is 1.60. The first-order chi connectivity index (χ1) is 5.57. The van der Waals surface area contributed by atoms with Gasteiger partial charge in [-0.15, -0.1) is 0 Å². The van der Waals surface area contributed by atoms with E-state index in [0.29, 0.717) is 0 Å². The molecule has 1 aliphatic rings. The van der Waals surface area contributed by atoms with E-state index in [4.69, 9.17) is 20.1 Å². The summed E-state index contributed by atoms with van der Waals surface area (Å²) >= 11 is 0. The molecule has 0 spiro atoms. The van der Waals surface area contributed by atoms with Gasteiger partial charge in [0.2, 0.25) is 0 Å². The van der Waals surface area contributed by atoms with Crippen molar-refractivity contribution in [3.05, 3.63) is 6.92 Å². The van der Waals surface area contributed by atoms with Crippen LogP contribution in [0, 0.1) is 6.92 Å². The average Bonchev–Trinajstić information content (AvgIpc) is 2.08. The van der Waals surface area contributed by atoms with Gasteiger partial charge in [-0.3, -0.25) is 0 Å². The highest BCUT2D eigenvalue weighted by Gasteiger charge is 2.41. The molecule has 71 valence electrons. The van der Waals surface area contributed by atoms with Gasteiger partial charge in [0, 0.05) is 0 Å². The fraction of sp³-hybridized carbons (Fsp3) is 0.857. The molecule has 12 heavy (non-hydrogen) atoms. The standard InChI is InChI=1S/C7H13O5/c1-2-3-4(8)5(9)6(10)7(11)12-3/h3-11H,1-2H2. The van der Waals surface area contributed by atoms with Crippen LogP contribution in [0.1, 0.15) is 6.42 Å². The Hall–Kier alpha value is -0.200. The fourth-order valence-corrected chi connectivity index (χ4v) is 1.17. The minimum absolute atomic E-state index is 0.224. The van der Waals surface area contributed by atoms with E-state index in [1.807, 2.05) is 0 Å². The molecule has 0 aliphatic carbocycles. The van der Waals surface area contributed by atoms with Gasteiger partial charge in [0.05, 0.1) is 6.10 Å². The van der Waals surface area contributed by atoms with E-state index >= 15 is 0 Å². The van der Waals surface area contributed by atoms with Crippen molar-refractivity contribution in [2.24, 2.45) is 0 Å². The van der Waals surface area contributed by atoms with Crippen LogP contribution in [-0.2, 0) is 4.74 Å². The van der Waals surface area contributed by atoms with Crippen molar-refractivity contribution in [3.63, 3.8) is 0 Å². The third-order valence-electron chi connectivity index (χ3n) is 1.97. The Morgan fingerprint density at radius 2 is 1.58 bits per heavy atom. The molecule has 4 N–H and O–H groups in total. The summed E-state index contributed by atoms with van der Waals surface area (Å²) in [5.41, 5.74) is 0. The van der Waals surface area contributed by atoms with Crippen LogP contribution in [0.15, 0.2) is 0 Å². The molecular weight excluding hydrogens is 164 g/mol. The minimum atomic E-state index is -1.46. The predicted molar refractivity (Wildman–Crippen MR) is 38.9 cm³/mol. The summed E-state index contributed by atoms with van der Waals surface area (Å²) in [6, 6.07) is 0. The van der Waals surface area contributed by atoms with E-state index in [-0.39, 0.29) is 6.42 Å². The van der Waals surface area contributed by atoms with Crippen molar-refractivity contribution in [1.29, 1.82) is 0 Å². The molecule has 1 radical (unpaired) electrons. The molecule has 1 fully saturated rings. The van der Waals surface area contributed by atoms with Crippen LogP contribution in [-0.4, -0.2) is 51.1 Å². The second kappa shape index (κ2) is 3.68. The van der Waals surface area contributed by atoms with E-state index in [1.54, 1.807) is 0 Å². The van der Waals surface area contributed by atoms with Gasteiger partial charge in [0.1, 0.15) is 18.3 Å². The number of aliphatic hydroxyl groups excluding tert-OH is 4. The maximum Gasteiger partial charge on any atom is 0.183 e. The van der Waals surface area contributed by atoms with Gasteiger partial charge < -0.3 is 25.2 Å². The SMILES string of the molecule is [CH2]CC1OC(O)C(O)C(O)C1O. The summed E-state index contributed by atoms with van der Waals surface area (Å²) in [5, 5.41) is 36.4. The van der Waals surface area contributed by atoms with Gasteiger partial charge >= 0.3 is 0 Å². The molecule has 0 saturated carbocycles. The Morgan fingerprint density at radius 3 is 2.08 bits per heavy atom. The van der Waals surface area contributed by atoms with Crippen molar-refractivity contribution in [2.45, 2.75) is 37.1 Å². The number of hydrogen-bond acceptors (Lipinski definition) is 5. The second-order valence-electron chi connectivity index (χ2n) is 2.83. The second-order valence-corrected chi connectivity index (χ2v) is 2.83. The van der Waals surface area contributed by atoms with E-state index in [0.717, 1.165) is 0 Å². The fourth-order valence-electron chi connectivity index (χ4n) is 1.17. The molecule has 0 bridgehead atoms. The van der Waals surface area contributed by atoms with E-state index in [1.165, 1.54) is 0 Å². The Balaban J connectivity index is 2.63.